The standard InChI is InChI=1S/C16H25N3O2/c1-2-21-15-8-7-14(11-13(15)12-17)18-16(20)19-9-5-3-4-6-10-19/h7-8,11H,2-6,9-10,12,17H2,1H3,(H,18,20). The van der Waals surface area contributed by atoms with Gasteiger partial charge in [-0.15, -0.1) is 0 Å². The average molecular weight is 291 g/mol. The molecule has 1 aliphatic rings. The van der Waals surface area contributed by atoms with Crippen molar-refractivity contribution in [3.05, 3.63) is 23.8 Å². The van der Waals surface area contributed by atoms with Gasteiger partial charge < -0.3 is 20.7 Å². The SMILES string of the molecule is CCOc1ccc(NC(=O)N2CCCCCC2)cc1CN. The van der Waals surface area contributed by atoms with Crippen LogP contribution in [0.3, 0.4) is 0 Å². The minimum Gasteiger partial charge on any atom is -0.494 e. The minimum absolute atomic E-state index is 0.0240. The number of urea groups is 1. The number of rotatable bonds is 4. The first kappa shape index (κ1) is 15.6. The molecule has 0 unspecified atom stereocenters. The van der Waals surface area contributed by atoms with E-state index in [2.05, 4.69) is 5.32 Å². The second kappa shape index (κ2) is 7.88. The van der Waals surface area contributed by atoms with Gasteiger partial charge in [0.15, 0.2) is 0 Å². The first-order valence-electron chi connectivity index (χ1n) is 7.76. The fourth-order valence-corrected chi connectivity index (χ4v) is 2.59. The van der Waals surface area contributed by atoms with Gasteiger partial charge in [-0.1, -0.05) is 12.8 Å². The number of nitrogens with one attached hydrogen (secondary N) is 1. The highest BCUT2D eigenvalue weighted by molar-refractivity contribution is 5.89. The lowest BCUT2D eigenvalue weighted by atomic mass is 10.1. The third-order valence-corrected chi connectivity index (χ3v) is 3.72. The van der Waals surface area contributed by atoms with Crippen molar-refractivity contribution in [2.45, 2.75) is 39.2 Å². The Hall–Kier alpha value is -1.75. The molecule has 21 heavy (non-hydrogen) atoms. The second-order valence-electron chi connectivity index (χ2n) is 5.29. The lowest BCUT2D eigenvalue weighted by molar-refractivity contribution is 0.214. The highest BCUT2D eigenvalue weighted by atomic mass is 16.5. The van der Waals surface area contributed by atoms with Crippen LogP contribution in [0.4, 0.5) is 10.5 Å². The fraction of sp³-hybridized carbons (Fsp3) is 0.562. The highest BCUT2D eigenvalue weighted by Gasteiger charge is 2.15. The van der Waals surface area contributed by atoms with Crippen molar-refractivity contribution < 1.29 is 9.53 Å². The second-order valence-corrected chi connectivity index (χ2v) is 5.29. The largest absolute Gasteiger partial charge is 0.494 e. The molecule has 1 aromatic carbocycles. The predicted molar refractivity (Wildman–Crippen MR) is 84.6 cm³/mol. The Labute approximate surface area is 126 Å². The van der Waals surface area contributed by atoms with Crippen molar-refractivity contribution in [2.75, 3.05) is 25.0 Å². The van der Waals surface area contributed by atoms with Gasteiger partial charge in [-0.3, -0.25) is 0 Å². The molecule has 2 rings (SSSR count). The van der Waals surface area contributed by atoms with E-state index in [4.69, 9.17) is 10.5 Å². The van der Waals surface area contributed by atoms with E-state index < -0.39 is 0 Å². The van der Waals surface area contributed by atoms with Gasteiger partial charge in [0, 0.05) is 30.9 Å². The number of anilines is 1. The van der Waals surface area contributed by atoms with Crippen LogP contribution in [0.1, 0.15) is 38.2 Å². The van der Waals surface area contributed by atoms with Crippen LogP contribution in [0.2, 0.25) is 0 Å². The van der Waals surface area contributed by atoms with Gasteiger partial charge in [-0.25, -0.2) is 4.79 Å². The van der Waals surface area contributed by atoms with Gasteiger partial charge in [-0.2, -0.15) is 0 Å². The number of hydrogen-bond acceptors (Lipinski definition) is 3. The van der Waals surface area contributed by atoms with Crippen LogP contribution in [0, 0.1) is 0 Å². The normalized spacial score (nSPS) is 15.4. The number of benzene rings is 1. The summed E-state index contributed by atoms with van der Waals surface area (Å²) >= 11 is 0. The Kier molecular flexibility index (Phi) is 5.87. The summed E-state index contributed by atoms with van der Waals surface area (Å²) in [6.07, 6.45) is 4.60. The highest BCUT2D eigenvalue weighted by Crippen LogP contribution is 2.23. The quantitative estimate of drug-likeness (QED) is 0.896. The summed E-state index contributed by atoms with van der Waals surface area (Å²) in [5.41, 5.74) is 7.42. The fourth-order valence-electron chi connectivity index (χ4n) is 2.59. The Balaban J connectivity index is 2.02. The van der Waals surface area contributed by atoms with Crippen LogP contribution in [0.25, 0.3) is 0 Å². The van der Waals surface area contributed by atoms with Gasteiger partial charge in [0.25, 0.3) is 0 Å². The molecular weight excluding hydrogens is 266 g/mol. The van der Waals surface area contributed by atoms with Crippen LogP contribution in [-0.4, -0.2) is 30.6 Å². The molecule has 1 heterocycles. The molecule has 3 N–H and O–H groups in total. The number of hydrogen-bond donors (Lipinski definition) is 2. The monoisotopic (exact) mass is 291 g/mol. The van der Waals surface area contributed by atoms with E-state index in [0.717, 1.165) is 42.9 Å². The molecule has 0 saturated carbocycles. The number of nitrogens with two attached hydrogens (primary N) is 1. The summed E-state index contributed by atoms with van der Waals surface area (Å²) in [6.45, 7) is 4.61. The molecule has 116 valence electrons. The molecular formula is C16H25N3O2. The molecule has 0 bridgehead atoms. The lowest BCUT2D eigenvalue weighted by Gasteiger charge is -2.21. The van der Waals surface area contributed by atoms with Crippen LogP contribution in [0.15, 0.2) is 18.2 Å². The summed E-state index contributed by atoms with van der Waals surface area (Å²) in [5, 5.41) is 2.96. The molecule has 1 saturated heterocycles. The lowest BCUT2D eigenvalue weighted by Crippen LogP contribution is -2.35. The molecule has 0 radical (unpaired) electrons. The average Bonchev–Trinajstić information content (AvgIpc) is 2.78. The molecule has 0 atom stereocenters. The third-order valence-electron chi connectivity index (χ3n) is 3.72. The van der Waals surface area contributed by atoms with Crippen LogP contribution < -0.4 is 15.8 Å². The van der Waals surface area contributed by atoms with E-state index >= 15 is 0 Å². The van der Waals surface area contributed by atoms with Gasteiger partial charge in [0.05, 0.1) is 6.61 Å². The molecule has 0 aromatic heterocycles. The zero-order valence-electron chi connectivity index (χ0n) is 12.7. The first-order valence-corrected chi connectivity index (χ1v) is 7.76. The minimum atomic E-state index is -0.0240. The molecule has 5 nitrogen and oxygen atoms in total. The van der Waals surface area contributed by atoms with Crippen molar-refractivity contribution in [1.29, 1.82) is 0 Å². The smallest absolute Gasteiger partial charge is 0.321 e. The summed E-state index contributed by atoms with van der Waals surface area (Å²) in [4.78, 5) is 14.2. The van der Waals surface area contributed by atoms with Crippen molar-refractivity contribution in [3.8, 4) is 5.75 Å². The Morgan fingerprint density at radius 2 is 2.00 bits per heavy atom. The molecule has 1 fully saturated rings. The zero-order valence-corrected chi connectivity index (χ0v) is 12.7. The van der Waals surface area contributed by atoms with Crippen molar-refractivity contribution >= 4 is 11.7 Å². The van der Waals surface area contributed by atoms with Gasteiger partial charge in [0.1, 0.15) is 5.75 Å². The van der Waals surface area contributed by atoms with Gasteiger partial charge in [-0.05, 0) is 38.0 Å². The topological polar surface area (TPSA) is 67.6 Å². The van der Waals surface area contributed by atoms with Gasteiger partial charge in [0.2, 0.25) is 0 Å². The van der Waals surface area contributed by atoms with E-state index in [-0.39, 0.29) is 6.03 Å². The van der Waals surface area contributed by atoms with E-state index in [1.807, 2.05) is 30.0 Å². The number of carbonyl (C=O) groups excluding carboxylic acids is 1. The predicted octanol–water partition coefficient (Wildman–Crippen LogP) is 2.95. The van der Waals surface area contributed by atoms with Crippen LogP contribution in [0.5, 0.6) is 5.75 Å². The molecule has 1 aliphatic heterocycles. The summed E-state index contributed by atoms with van der Waals surface area (Å²) in [5.74, 6) is 0.785. The molecule has 1 aromatic rings. The van der Waals surface area contributed by atoms with Crippen molar-refractivity contribution in [3.63, 3.8) is 0 Å². The van der Waals surface area contributed by atoms with Crippen molar-refractivity contribution in [2.24, 2.45) is 5.73 Å². The molecule has 0 aliphatic carbocycles. The Morgan fingerprint density at radius 3 is 2.62 bits per heavy atom. The molecule has 5 heteroatoms. The third kappa shape index (κ3) is 4.36. The zero-order chi connectivity index (χ0) is 15.1. The maximum Gasteiger partial charge on any atom is 0.321 e. The molecule has 2 amide bonds. The number of nitrogens with zero attached hydrogens (tertiary/aromatic N) is 1. The summed E-state index contributed by atoms with van der Waals surface area (Å²) < 4.78 is 5.52. The Bertz CT molecular complexity index is 469. The van der Waals surface area contributed by atoms with Crippen molar-refractivity contribution in [1.82, 2.24) is 4.90 Å². The van der Waals surface area contributed by atoms with E-state index in [1.54, 1.807) is 0 Å². The number of amides is 2. The summed E-state index contributed by atoms with van der Waals surface area (Å²) in [6, 6.07) is 5.59. The number of likely N-dealkylation sites (tertiary alicyclic amines) is 1. The van der Waals surface area contributed by atoms with E-state index in [0.29, 0.717) is 13.2 Å². The summed E-state index contributed by atoms with van der Waals surface area (Å²) in [7, 11) is 0. The van der Waals surface area contributed by atoms with Crippen LogP contribution in [-0.2, 0) is 6.54 Å². The first-order chi connectivity index (χ1) is 10.2. The van der Waals surface area contributed by atoms with Crippen LogP contribution >= 0.6 is 0 Å². The molecule has 0 spiro atoms. The van der Waals surface area contributed by atoms with Gasteiger partial charge >= 0.3 is 6.03 Å². The number of carbonyl (C=O) groups is 1. The Morgan fingerprint density at radius 1 is 1.29 bits per heavy atom. The maximum absolute atomic E-state index is 12.3. The number of ether oxygens (including phenoxy) is 1. The van der Waals surface area contributed by atoms with E-state index in [1.165, 1.54) is 12.8 Å². The maximum atomic E-state index is 12.3. The van der Waals surface area contributed by atoms with E-state index in [9.17, 15) is 4.79 Å².